The van der Waals surface area contributed by atoms with E-state index in [0.29, 0.717) is 29.6 Å². The number of fused-ring (bicyclic) bond motifs is 3. The van der Waals surface area contributed by atoms with Gasteiger partial charge in [-0.25, -0.2) is 0 Å². The lowest BCUT2D eigenvalue weighted by atomic mass is 9.45. The zero-order chi connectivity index (χ0) is 18.6. The van der Waals surface area contributed by atoms with Gasteiger partial charge in [0.2, 0.25) is 5.91 Å². The van der Waals surface area contributed by atoms with Crippen molar-refractivity contribution in [1.82, 2.24) is 4.90 Å². The van der Waals surface area contributed by atoms with Crippen LogP contribution in [-0.2, 0) is 9.59 Å². The Labute approximate surface area is 153 Å². The Bertz CT molecular complexity index is 597. The molecule has 0 aromatic heterocycles. The topological polar surface area (TPSA) is 37.4 Å². The third-order valence-electron chi connectivity index (χ3n) is 8.60. The molecular formula is C22H35NO2. The summed E-state index contributed by atoms with van der Waals surface area (Å²) in [7, 11) is 1.97. The van der Waals surface area contributed by atoms with Crippen LogP contribution >= 0.6 is 0 Å². The Morgan fingerprint density at radius 1 is 1.32 bits per heavy atom. The lowest BCUT2D eigenvalue weighted by molar-refractivity contribution is -0.145. The minimum atomic E-state index is 0.0831. The molecule has 7 atom stereocenters. The average molecular weight is 346 g/mol. The first kappa shape index (κ1) is 18.7. The van der Waals surface area contributed by atoms with Gasteiger partial charge < -0.3 is 4.90 Å². The Morgan fingerprint density at radius 3 is 2.60 bits per heavy atom. The summed E-state index contributed by atoms with van der Waals surface area (Å²) >= 11 is 0. The molecule has 3 nitrogen and oxygen atoms in total. The maximum atomic E-state index is 12.2. The molecule has 4 unspecified atom stereocenters. The number of Topliss-reactive ketones (excluding diaryl/α,β-unsaturated/α-hetero) is 1. The molecule has 1 amide bonds. The van der Waals surface area contributed by atoms with Gasteiger partial charge in [0.25, 0.3) is 0 Å². The summed E-state index contributed by atoms with van der Waals surface area (Å²) in [5.41, 5.74) is 0.199. The third kappa shape index (κ3) is 2.61. The summed E-state index contributed by atoms with van der Waals surface area (Å²) in [6.45, 7) is 10.9. The van der Waals surface area contributed by atoms with Gasteiger partial charge in [0.15, 0.2) is 0 Å². The Kier molecular flexibility index (Phi) is 4.66. The van der Waals surface area contributed by atoms with E-state index in [9.17, 15) is 9.59 Å². The van der Waals surface area contributed by atoms with E-state index in [2.05, 4.69) is 33.8 Å². The fourth-order valence-electron chi connectivity index (χ4n) is 6.86. The molecule has 1 aliphatic heterocycles. The van der Waals surface area contributed by atoms with Gasteiger partial charge in [-0.15, -0.1) is 0 Å². The van der Waals surface area contributed by atoms with Crippen LogP contribution in [0.2, 0.25) is 0 Å². The minimum Gasteiger partial charge on any atom is -0.338 e. The summed E-state index contributed by atoms with van der Waals surface area (Å²) in [4.78, 5) is 26.3. The van der Waals surface area contributed by atoms with E-state index < -0.39 is 0 Å². The molecule has 0 bridgehead atoms. The highest BCUT2D eigenvalue weighted by molar-refractivity contribution is 5.89. The van der Waals surface area contributed by atoms with Crippen molar-refractivity contribution >= 4 is 11.7 Å². The minimum absolute atomic E-state index is 0.0831. The second-order valence-corrected chi connectivity index (χ2v) is 9.40. The van der Waals surface area contributed by atoms with E-state index in [-0.39, 0.29) is 22.7 Å². The van der Waals surface area contributed by atoms with Gasteiger partial charge in [-0.3, -0.25) is 9.59 Å². The van der Waals surface area contributed by atoms with Crippen LogP contribution in [0.15, 0.2) is 12.2 Å². The number of hydrogen-bond acceptors (Lipinski definition) is 2. The normalized spacial score (nSPS) is 44.9. The molecule has 0 radical (unpaired) electrons. The van der Waals surface area contributed by atoms with E-state index in [1.807, 2.05) is 11.9 Å². The summed E-state index contributed by atoms with van der Waals surface area (Å²) in [6, 6.07) is 0.332. The molecule has 3 heteroatoms. The molecule has 0 aromatic rings. The van der Waals surface area contributed by atoms with Gasteiger partial charge in [0.1, 0.15) is 5.78 Å². The first-order chi connectivity index (χ1) is 11.7. The molecule has 2 saturated carbocycles. The zero-order valence-corrected chi connectivity index (χ0v) is 16.8. The van der Waals surface area contributed by atoms with Crippen LogP contribution in [-0.4, -0.2) is 29.7 Å². The van der Waals surface area contributed by atoms with Crippen LogP contribution in [0.1, 0.15) is 66.7 Å². The van der Waals surface area contributed by atoms with Crippen molar-refractivity contribution < 1.29 is 9.59 Å². The third-order valence-corrected chi connectivity index (χ3v) is 8.60. The van der Waals surface area contributed by atoms with Gasteiger partial charge in [-0.2, -0.15) is 0 Å². The number of rotatable bonds is 3. The fourth-order valence-corrected chi connectivity index (χ4v) is 6.86. The summed E-state index contributed by atoms with van der Waals surface area (Å²) in [5, 5.41) is 0. The molecule has 3 rings (SSSR count). The largest absolute Gasteiger partial charge is 0.338 e. The summed E-state index contributed by atoms with van der Waals surface area (Å²) in [6.07, 6.45) is 9.75. The van der Waals surface area contributed by atoms with Crippen LogP contribution in [0.5, 0.6) is 0 Å². The van der Waals surface area contributed by atoms with Crippen LogP contribution in [0.4, 0.5) is 0 Å². The first-order valence-electron chi connectivity index (χ1n) is 10.1. The highest BCUT2D eigenvalue weighted by Gasteiger charge is 2.58. The average Bonchev–Trinajstić information content (AvgIpc) is 2.57. The van der Waals surface area contributed by atoms with Gasteiger partial charge in [-0.05, 0) is 61.9 Å². The van der Waals surface area contributed by atoms with E-state index in [1.165, 1.54) is 12.8 Å². The predicted molar refractivity (Wildman–Crippen MR) is 101 cm³/mol. The van der Waals surface area contributed by atoms with Crippen molar-refractivity contribution in [3.05, 3.63) is 12.2 Å². The SMILES string of the molecule is CCC1C2CCC3N(C)C(=O)C=C[C@]3(C)C2CC[C@]1(C)[C@H](C)C(C)=O. The number of likely N-dealkylation sites (N-methyl/N-ethyl adjacent to an activating group) is 1. The smallest absolute Gasteiger partial charge is 0.246 e. The predicted octanol–water partition coefficient (Wildman–Crippen LogP) is 4.47. The number of hydrogen-bond donors (Lipinski definition) is 0. The van der Waals surface area contributed by atoms with Crippen molar-refractivity contribution in [2.45, 2.75) is 72.8 Å². The van der Waals surface area contributed by atoms with Gasteiger partial charge in [0, 0.05) is 24.4 Å². The second-order valence-electron chi connectivity index (χ2n) is 9.40. The van der Waals surface area contributed by atoms with Crippen molar-refractivity contribution in [3.8, 4) is 0 Å². The molecule has 2 aliphatic carbocycles. The number of carbonyl (C=O) groups is 2. The van der Waals surface area contributed by atoms with Gasteiger partial charge in [-0.1, -0.05) is 40.2 Å². The lowest BCUT2D eigenvalue weighted by Gasteiger charge is -2.61. The highest BCUT2D eigenvalue weighted by atomic mass is 16.2. The molecule has 25 heavy (non-hydrogen) atoms. The van der Waals surface area contributed by atoms with E-state index in [1.54, 1.807) is 13.0 Å². The van der Waals surface area contributed by atoms with Crippen LogP contribution in [0.25, 0.3) is 0 Å². The molecule has 0 spiro atoms. The molecule has 1 heterocycles. The van der Waals surface area contributed by atoms with E-state index >= 15 is 0 Å². The van der Waals surface area contributed by atoms with Gasteiger partial charge >= 0.3 is 0 Å². The fraction of sp³-hybridized carbons (Fsp3) is 0.818. The van der Waals surface area contributed by atoms with Crippen molar-refractivity contribution in [2.75, 3.05) is 7.05 Å². The monoisotopic (exact) mass is 345 g/mol. The van der Waals surface area contributed by atoms with E-state index in [4.69, 9.17) is 0 Å². The van der Waals surface area contributed by atoms with Crippen LogP contribution in [0, 0.1) is 34.5 Å². The molecular weight excluding hydrogens is 310 g/mol. The summed E-state index contributed by atoms with van der Waals surface area (Å²) in [5.74, 6) is 2.50. The quantitative estimate of drug-likeness (QED) is 0.757. The number of ketones is 1. The van der Waals surface area contributed by atoms with Gasteiger partial charge in [0.05, 0.1) is 0 Å². The zero-order valence-electron chi connectivity index (χ0n) is 16.8. The maximum absolute atomic E-state index is 12.2. The molecule has 2 fully saturated rings. The van der Waals surface area contributed by atoms with E-state index in [0.717, 1.165) is 19.3 Å². The molecule has 0 aromatic carbocycles. The summed E-state index contributed by atoms with van der Waals surface area (Å²) < 4.78 is 0. The number of carbonyl (C=O) groups excluding carboxylic acids is 2. The Hall–Kier alpha value is -1.12. The Balaban J connectivity index is 1.96. The van der Waals surface area contributed by atoms with Crippen molar-refractivity contribution in [2.24, 2.45) is 34.5 Å². The number of amides is 1. The van der Waals surface area contributed by atoms with Crippen LogP contribution in [0.3, 0.4) is 0 Å². The molecule has 140 valence electrons. The molecule has 0 N–H and O–H groups in total. The standard InChI is InChI=1S/C22H35NO2/c1-7-17-16-8-9-19-22(5,13-11-20(25)23(19)6)18(16)10-12-21(17,4)14(2)15(3)24/h11,13-14,16-19H,7-10,12H2,1-6H3/t14-,16?,17?,18?,19?,21-,22-/m1/s1. The molecule has 3 aliphatic rings. The second kappa shape index (κ2) is 6.25. The maximum Gasteiger partial charge on any atom is 0.246 e. The van der Waals surface area contributed by atoms with Crippen LogP contribution < -0.4 is 0 Å². The first-order valence-corrected chi connectivity index (χ1v) is 10.1. The highest BCUT2D eigenvalue weighted by Crippen LogP contribution is 2.62. The molecule has 0 saturated heterocycles. The Morgan fingerprint density at radius 2 is 2.00 bits per heavy atom. The van der Waals surface area contributed by atoms with Crippen molar-refractivity contribution in [1.29, 1.82) is 0 Å². The lowest BCUT2D eigenvalue weighted by Crippen LogP contribution is -2.60. The van der Waals surface area contributed by atoms with Crippen molar-refractivity contribution in [3.63, 3.8) is 0 Å². The number of nitrogens with zero attached hydrogens (tertiary/aromatic N) is 1.